The highest BCUT2D eigenvalue weighted by atomic mass is 16.5. The highest BCUT2D eigenvalue weighted by Gasteiger charge is 2.51. The van der Waals surface area contributed by atoms with E-state index in [9.17, 15) is 14.7 Å². The average molecular weight is 291 g/mol. The van der Waals surface area contributed by atoms with E-state index >= 15 is 0 Å². The smallest absolute Gasteiger partial charge is 0.314 e. The van der Waals surface area contributed by atoms with Crippen molar-refractivity contribution in [3.63, 3.8) is 0 Å². The predicted octanol–water partition coefficient (Wildman–Crippen LogP) is 2.41. The molecule has 2 rings (SSSR count). The lowest BCUT2D eigenvalue weighted by atomic mass is 9.96. The second kappa shape index (κ2) is 6.26. The van der Waals surface area contributed by atoms with Gasteiger partial charge in [-0.05, 0) is 36.5 Å². The molecule has 1 saturated carbocycles. The maximum Gasteiger partial charge on any atom is 0.314 e. The van der Waals surface area contributed by atoms with Crippen LogP contribution < -0.4 is 5.32 Å². The summed E-state index contributed by atoms with van der Waals surface area (Å²) >= 11 is 0. The molecule has 1 aromatic rings. The van der Waals surface area contributed by atoms with Crippen LogP contribution in [0.3, 0.4) is 0 Å². The molecule has 1 amide bonds. The number of amides is 1. The van der Waals surface area contributed by atoms with Crippen molar-refractivity contribution >= 4 is 17.6 Å². The number of hydrogen-bond donors (Lipinski definition) is 2. The van der Waals surface area contributed by atoms with Crippen LogP contribution in [0.5, 0.6) is 0 Å². The third-order valence-corrected chi connectivity index (χ3v) is 3.87. The molecule has 1 aliphatic rings. The molecule has 114 valence electrons. The van der Waals surface area contributed by atoms with Crippen molar-refractivity contribution in [3.8, 4) is 0 Å². The van der Waals surface area contributed by atoms with Gasteiger partial charge in [-0.1, -0.05) is 19.1 Å². The zero-order chi connectivity index (χ0) is 15.5. The minimum atomic E-state index is -0.771. The van der Waals surface area contributed by atoms with E-state index in [1.807, 2.05) is 6.92 Å². The Kier molecular flexibility index (Phi) is 4.63. The molecule has 5 nitrogen and oxygen atoms in total. The van der Waals surface area contributed by atoms with Crippen molar-refractivity contribution in [3.05, 3.63) is 29.8 Å². The molecule has 1 unspecified atom stereocenters. The fourth-order valence-corrected chi connectivity index (χ4v) is 2.50. The number of nitrogens with one attached hydrogen (secondary N) is 1. The lowest BCUT2D eigenvalue weighted by Gasteiger charge is -2.13. The Hall–Kier alpha value is -1.88. The molecule has 0 spiro atoms. The summed E-state index contributed by atoms with van der Waals surface area (Å²) < 4.78 is 5.00. The first-order valence-electron chi connectivity index (χ1n) is 7.10. The van der Waals surface area contributed by atoms with Gasteiger partial charge in [0.25, 0.3) is 0 Å². The first-order valence-corrected chi connectivity index (χ1v) is 7.10. The summed E-state index contributed by atoms with van der Waals surface area (Å²) in [6.07, 6.45) is 1.76. The lowest BCUT2D eigenvalue weighted by molar-refractivity contribution is -0.140. The van der Waals surface area contributed by atoms with Gasteiger partial charge in [0.15, 0.2) is 0 Å². The molecule has 1 atom stereocenters. The van der Waals surface area contributed by atoms with Gasteiger partial charge in [0.1, 0.15) is 0 Å². The Labute approximate surface area is 124 Å². The number of rotatable bonds is 7. The molecular formula is C16H21NO4. The van der Waals surface area contributed by atoms with Crippen molar-refractivity contribution in [2.75, 3.05) is 19.0 Å². The normalized spacial score (nSPS) is 17.0. The third kappa shape index (κ3) is 3.61. The SMILES string of the molecule is COCC(C)CC(=O)Nc1ccc(C2(C(=O)O)CC2)cc1. The summed E-state index contributed by atoms with van der Waals surface area (Å²) in [5, 5.41) is 12.1. The Morgan fingerprint density at radius 3 is 2.43 bits per heavy atom. The van der Waals surface area contributed by atoms with Crippen LogP contribution in [0.25, 0.3) is 0 Å². The molecule has 5 heteroatoms. The van der Waals surface area contributed by atoms with Crippen molar-refractivity contribution in [1.82, 2.24) is 0 Å². The van der Waals surface area contributed by atoms with E-state index in [0.29, 0.717) is 31.6 Å². The lowest BCUT2D eigenvalue weighted by Crippen LogP contribution is -2.20. The zero-order valence-electron chi connectivity index (χ0n) is 12.4. The number of carboxylic acid groups (broad SMARTS) is 1. The van der Waals surface area contributed by atoms with Gasteiger partial charge < -0.3 is 15.2 Å². The number of anilines is 1. The number of aliphatic carboxylic acids is 1. The minimum Gasteiger partial charge on any atom is -0.481 e. The van der Waals surface area contributed by atoms with E-state index in [1.165, 1.54) is 0 Å². The zero-order valence-corrected chi connectivity index (χ0v) is 12.4. The molecular weight excluding hydrogens is 270 g/mol. The van der Waals surface area contributed by atoms with Gasteiger partial charge in [-0.25, -0.2) is 0 Å². The Bertz CT molecular complexity index is 520. The van der Waals surface area contributed by atoms with E-state index in [1.54, 1.807) is 31.4 Å². The number of carbonyl (C=O) groups excluding carboxylic acids is 1. The molecule has 21 heavy (non-hydrogen) atoms. The number of carboxylic acids is 1. The largest absolute Gasteiger partial charge is 0.481 e. The molecule has 0 aliphatic heterocycles. The van der Waals surface area contributed by atoms with E-state index in [0.717, 1.165) is 5.56 Å². The topological polar surface area (TPSA) is 75.6 Å². The highest BCUT2D eigenvalue weighted by Crippen LogP contribution is 2.48. The Balaban J connectivity index is 1.94. The molecule has 0 saturated heterocycles. The van der Waals surface area contributed by atoms with Crippen molar-refractivity contribution in [2.45, 2.75) is 31.6 Å². The van der Waals surface area contributed by atoms with Crippen molar-refractivity contribution in [2.24, 2.45) is 5.92 Å². The van der Waals surface area contributed by atoms with Crippen LogP contribution in [-0.2, 0) is 19.7 Å². The molecule has 0 heterocycles. The van der Waals surface area contributed by atoms with E-state index in [2.05, 4.69) is 5.32 Å². The first-order chi connectivity index (χ1) is 9.98. The van der Waals surface area contributed by atoms with Gasteiger partial charge >= 0.3 is 5.97 Å². The highest BCUT2D eigenvalue weighted by molar-refractivity contribution is 5.91. The molecule has 1 aliphatic carbocycles. The van der Waals surface area contributed by atoms with E-state index in [4.69, 9.17) is 4.74 Å². The van der Waals surface area contributed by atoms with Gasteiger partial charge in [0.2, 0.25) is 5.91 Å². The van der Waals surface area contributed by atoms with Crippen LogP contribution in [0.2, 0.25) is 0 Å². The molecule has 1 aromatic carbocycles. The first kappa shape index (κ1) is 15.5. The summed E-state index contributed by atoms with van der Waals surface area (Å²) in [7, 11) is 1.61. The van der Waals surface area contributed by atoms with E-state index in [-0.39, 0.29) is 11.8 Å². The van der Waals surface area contributed by atoms with Crippen LogP contribution in [0.15, 0.2) is 24.3 Å². The number of methoxy groups -OCH3 is 1. The number of hydrogen-bond acceptors (Lipinski definition) is 3. The monoisotopic (exact) mass is 291 g/mol. The van der Waals surface area contributed by atoms with Gasteiger partial charge in [-0.15, -0.1) is 0 Å². The second-order valence-electron chi connectivity index (χ2n) is 5.78. The summed E-state index contributed by atoms with van der Waals surface area (Å²) in [5.41, 5.74) is 0.797. The van der Waals surface area contributed by atoms with Crippen LogP contribution in [0, 0.1) is 5.92 Å². The summed E-state index contributed by atoms with van der Waals surface area (Å²) in [6.45, 7) is 2.50. The molecule has 0 bridgehead atoms. The van der Waals surface area contributed by atoms with Crippen LogP contribution in [0.1, 0.15) is 31.7 Å². The maximum atomic E-state index is 11.8. The van der Waals surface area contributed by atoms with Crippen molar-refractivity contribution < 1.29 is 19.4 Å². The number of carbonyl (C=O) groups is 2. The minimum absolute atomic E-state index is 0.0633. The van der Waals surface area contributed by atoms with Gasteiger partial charge in [-0.2, -0.15) is 0 Å². The predicted molar refractivity (Wildman–Crippen MR) is 79.3 cm³/mol. The third-order valence-electron chi connectivity index (χ3n) is 3.87. The van der Waals surface area contributed by atoms with Crippen LogP contribution in [-0.4, -0.2) is 30.7 Å². The maximum absolute atomic E-state index is 11.8. The fraction of sp³-hybridized carbons (Fsp3) is 0.500. The average Bonchev–Trinajstić information content (AvgIpc) is 3.21. The standard InChI is InChI=1S/C16H21NO4/c1-11(10-21-2)9-14(18)17-13-5-3-12(4-6-13)16(7-8-16)15(19)20/h3-6,11H,7-10H2,1-2H3,(H,17,18)(H,19,20). The van der Waals surface area contributed by atoms with Gasteiger partial charge in [-0.3, -0.25) is 9.59 Å². The van der Waals surface area contributed by atoms with E-state index < -0.39 is 11.4 Å². The molecule has 2 N–H and O–H groups in total. The van der Waals surface area contributed by atoms with Crippen LogP contribution in [0.4, 0.5) is 5.69 Å². The summed E-state index contributed by atoms with van der Waals surface area (Å²) in [5.74, 6) is -0.671. The number of ether oxygens (including phenoxy) is 1. The quantitative estimate of drug-likeness (QED) is 0.809. The Morgan fingerprint density at radius 2 is 1.95 bits per heavy atom. The Morgan fingerprint density at radius 1 is 1.33 bits per heavy atom. The molecule has 0 aromatic heterocycles. The summed E-state index contributed by atoms with van der Waals surface area (Å²) in [6, 6.07) is 7.10. The number of benzene rings is 1. The molecule has 0 radical (unpaired) electrons. The summed E-state index contributed by atoms with van der Waals surface area (Å²) in [4.78, 5) is 23.1. The second-order valence-corrected chi connectivity index (χ2v) is 5.78. The van der Waals surface area contributed by atoms with Gasteiger partial charge in [0.05, 0.1) is 5.41 Å². The van der Waals surface area contributed by atoms with Crippen molar-refractivity contribution in [1.29, 1.82) is 0 Å². The fourth-order valence-electron chi connectivity index (χ4n) is 2.50. The van der Waals surface area contributed by atoms with Crippen LogP contribution >= 0.6 is 0 Å². The van der Waals surface area contributed by atoms with Gasteiger partial charge in [0, 0.05) is 25.8 Å². The molecule has 1 fully saturated rings.